The van der Waals surface area contributed by atoms with Gasteiger partial charge in [0, 0.05) is 17.9 Å². The van der Waals surface area contributed by atoms with Gasteiger partial charge in [0.25, 0.3) is 0 Å². The third-order valence-corrected chi connectivity index (χ3v) is 4.16. The maximum atomic E-state index is 12.7. The molecule has 1 saturated heterocycles. The molecule has 2 aromatic rings. The van der Waals surface area contributed by atoms with Crippen molar-refractivity contribution in [1.82, 2.24) is 0 Å². The molecule has 0 aromatic heterocycles. The predicted octanol–water partition coefficient (Wildman–Crippen LogP) is 3.94. The molecule has 5 nitrogen and oxygen atoms in total. The van der Waals surface area contributed by atoms with Gasteiger partial charge in [0.2, 0.25) is 5.91 Å². The molecule has 0 spiro atoms. The van der Waals surface area contributed by atoms with Crippen LogP contribution in [0.2, 0.25) is 0 Å². The number of alkyl halides is 2. The number of hydrogen-bond acceptors (Lipinski definition) is 4. The quantitative estimate of drug-likeness (QED) is 0.845. The predicted molar refractivity (Wildman–Crippen MR) is 92.6 cm³/mol. The van der Waals surface area contributed by atoms with E-state index < -0.39 is 6.61 Å². The van der Waals surface area contributed by atoms with Crippen LogP contribution in [-0.4, -0.2) is 32.8 Å². The van der Waals surface area contributed by atoms with Gasteiger partial charge in [-0.1, -0.05) is 12.1 Å². The summed E-state index contributed by atoms with van der Waals surface area (Å²) in [5.41, 5.74) is 1.63. The monoisotopic (exact) mass is 363 g/mol. The fourth-order valence-electron chi connectivity index (χ4n) is 2.79. The Balaban J connectivity index is 1.88. The van der Waals surface area contributed by atoms with Gasteiger partial charge in [-0.15, -0.1) is 0 Å². The number of rotatable bonds is 6. The van der Waals surface area contributed by atoms with E-state index in [2.05, 4.69) is 10.1 Å². The molecule has 2 aromatic carbocycles. The van der Waals surface area contributed by atoms with Crippen LogP contribution in [0.1, 0.15) is 6.42 Å². The van der Waals surface area contributed by atoms with Crippen molar-refractivity contribution in [2.24, 2.45) is 5.92 Å². The standard InChI is InChI=1S/C19H19F2NO4/c1-24-15-5-2-12(3-6-15)16-10-14(4-7-17(16)26-19(20)21)22-18(23)13-8-9-25-11-13/h2-7,10,13,19H,8-9,11H2,1H3,(H,22,23)/t13-/m0/s1. The van der Waals surface area contributed by atoms with Gasteiger partial charge in [-0.2, -0.15) is 8.78 Å². The summed E-state index contributed by atoms with van der Waals surface area (Å²) in [6.45, 7) is -1.98. The molecular formula is C19H19F2NO4. The molecule has 7 heteroatoms. The molecule has 1 atom stereocenters. The van der Waals surface area contributed by atoms with E-state index in [4.69, 9.17) is 9.47 Å². The van der Waals surface area contributed by atoms with E-state index in [1.807, 2.05) is 0 Å². The van der Waals surface area contributed by atoms with E-state index in [1.54, 1.807) is 43.5 Å². The molecule has 1 aliphatic rings. The van der Waals surface area contributed by atoms with E-state index in [-0.39, 0.29) is 17.6 Å². The summed E-state index contributed by atoms with van der Waals surface area (Å²) in [4.78, 5) is 12.2. The first-order valence-electron chi connectivity index (χ1n) is 8.18. The number of carbonyl (C=O) groups is 1. The fraction of sp³-hybridized carbons (Fsp3) is 0.316. The molecule has 1 aliphatic heterocycles. The van der Waals surface area contributed by atoms with Crippen LogP contribution in [0, 0.1) is 5.92 Å². The highest BCUT2D eigenvalue weighted by atomic mass is 19.3. The number of ether oxygens (including phenoxy) is 3. The normalized spacial score (nSPS) is 16.5. The fourth-order valence-corrected chi connectivity index (χ4v) is 2.79. The molecule has 0 unspecified atom stereocenters. The lowest BCUT2D eigenvalue weighted by molar-refractivity contribution is -0.119. The van der Waals surface area contributed by atoms with E-state index in [1.165, 1.54) is 6.07 Å². The SMILES string of the molecule is COc1ccc(-c2cc(NC(=O)[C@H]3CCOC3)ccc2OC(F)F)cc1. The molecule has 26 heavy (non-hydrogen) atoms. The summed E-state index contributed by atoms with van der Waals surface area (Å²) in [7, 11) is 1.54. The van der Waals surface area contributed by atoms with Gasteiger partial charge >= 0.3 is 6.61 Å². The third kappa shape index (κ3) is 4.29. The lowest BCUT2D eigenvalue weighted by Gasteiger charge is -2.15. The van der Waals surface area contributed by atoms with Crippen molar-refractivity contribution in [3.63, 3.8) is 0 Å². The summed E-state index contributed by atoms with van der Waals surface area (Å²) in [5, 5.41) is 2.81. The highest BCUT2D eigenvalue weighted by Crippen LogP contribution is 2.34. The minimum Gasteiger partial charge on any atom is -0.497 e. The Bertz CT molecular complexity index is 759. The highest BCUT2D eigenvalue weighted by molar-refractivity contribution is 5.94. The van der Waals surface area contributed by atoms with Crippen LogP contribution >= 0.6 is 0 Å². The Morgan fingerprint density at radius 3 is 2.62 bits per heavy atom. The molecule has 1 fully saturated rings. The zero-order chi connectivity index (χ0) is 18.5. The van der Waals surface area contributed by atoms with Crippen molar-refractivity contribution >= 4 is 11.6 Å². The van der Waals surface area contributed by atoms with Crippen LogP contribution in [0.15, 0.2) is 42.5 Å². The van der Waals surface area contributed by atoms with Gasteiger partial charge in [-0.05, 0) is 42.3 Å². The van der Waals surface area contributed by atoms with Gasteiger partial charge in [0.05, 0.1) is 19.6 Å². The van der Waals surface area contributed by atoms with Crippen LogP contribution in [0.25, 0.3) is 11.1 Å². The largest absolute Gasteiger partial charge is 0.497 e. The summed E-state index contributed by atoms with van der Waals surface area (Å²) in [6.07, 6.45) is 0.670. The summed E-state index contributed by atoms with van der Waals surface area (Å²) in [6, 6.07) is 11.5. The summed E-state index contributed by atoms with van der Waals surface area (Å²) < 4.78 is 40.4. The molecule has 1 N–H and O–H groups in total. The van der Waals surface area contributed by atoms with Crippen LogP contribution in [0.5, 0.6) is 11.5 Å². The second-order valence-electron chi connectivity index (χ2n) is 5.87. The van der Waals surface area contributed by atoms with E-state index >= 15 is 0 Å². The Morgan fingerprint density at radius 2 is 2.00 bits per heavy atom. The third-order valence-electron chi connectivity index (χ3n) is 4.16. The van der Waals surface area contributed by atoms with E-state index in [9.17, 15) is 13.6 Å². The summed E-state index contributed by atoms with van der Waals surface area (Å²) >= 11 is 0. The van der Waals surface area contributed by atoms with Gasteiger partial charge in [0.15, 0.2) is 0 Å². The maximum Gasteiger partial charge on any atom is 0.387 e. The van der Waals surface area contributed by atoms with Gasteiger partial charge in [0.1, 0.15) is 11.5 Å². The molecule has 3 rings (SSSR count). The van der Waals surface area contributed by atoms with E-state index in [0.29, 0.717) is 42.2 Å². The Labute approximate surface area is 149 Å². The first-order chi connectivity index (χ1) is 12.6. The Hall–Kier alpha value is -2.67. The Kier molecular flexibility index (Phi) is 5.68. The topological polar surface area (TPSA) is 56.8 Å². The molecule has 0 bridgehead atoms. The van der Waals surface area contributed by atoms with Gasteiger partial charge in [-0.3, -0.25) is 4.79 Å². The molecule has 0 radical (unpaired) electrons. The smallest absolute Gasteiger partial charge is 0.387 e. The first-order valence-corrected chi connectivity index (χ1v) is 8.18. The lowest BCUT2D eigenvalue weighted by atomic mass is 10.0. The van der Waals surface area contributed by atoms with Crippen LogP contribution < -0.4 is 14.8 Å². The molecule has 0 aliphatic carbocycles. The number of anilines is 1. The van der Waals surface area contributed by atoms with Crippen molar-refractivity contribution in [1.29, 1.82) is 0 Å². The van der Waals surface area contributed by atoms with Crippen molar-refractivity contribution in [2.75, 3.05) is 25.6 Å². The molecule has 1 heterocycles. The van der Waals surface area contributed by atoms with Crippen molar-refractivity contribution < 1.29 is 27.8 Å². The van der Waals surface area contributed by atoms with Crippen LogP contribution in [0.4, 0.5) is 14.5 Å². The maximum absolute atomic E-state index is 12.7. The number of amides is 1. The first kappa shape index (κ1) is 18.1. The molecule has 138 valence electrons. The Morgan fingerprint density at radius 1 is 1.23 bits per heavy atom. The van der Waals surface area contributed by atoms with Crippen molar-refractivity contribution in [2.45, 2.75) is 13.0 Å². The summed E-state index contributed by atoms with van der Waals surface area (Å²) in [5.74, 6) is 0.338. The van der Waals surface area contributed by atoms with Gasteiger partial charge < -0.3 is 19.5 Å². The zero-order valence-corrected chi connectivity index (χ0v) is 14.2. The molecule has 0 saturated carbocycles. The average Bonchev–Trinajstić information content (AvgIpc) is 3.17. The average molecular weight is 363 g/mol. The van der Waals surface area contributed by atoms with Crippen LogP contribution in [0.3, 0.4) is 0 Å². The zero-order valence-electron chi connectivity index (χ0n) is 14.2. The number of carbonyl (C=O) groups excluding carboxylic acids is 1. The minimum absolute atomic E-state index is 0.0346. The van der Waals surface area contributed by atoms with E-state index in [0.717, 1.165) is 0 Å². The lowest BCUT2D eigenvalue weighted by Crippen LogP contribution is -2.22. The number of nitrogens with one attached hydrogen (secondary N) is 1. The highest BCUT2D eigenvalue weighted by Gasteiger charge is 2.24. The van der Waals surface area contributed by atoms with Gasteiger partial charge in [-0.25, -0.2) is 0 Å². The number of benzene rings is 2. The molecular weight excluding hydrogens is 344 g/mol. The number of methoxy groups -OCH3 is 1. The van der Waals surface area contributed by atoms with Crippen molar-refractivity contribution in [3.8, 4) is 22.6 Å². The van der Waals surface area contributed by atoms with Crippen molar-refractivity contribution in [3.05, 3.63) is 42.5 Å². The second kappa shape index (κ2) is 8.14. The number of hydrogen-bond donors (Lipinski definition) is 1. The second-order valence-corrected chi connectivity index (χ2v) is 5.87. The minimum atomic E-state index is -2.94. The van der Waals surface area contributed by atoms with Crippen LogP contribution in [-0.2, 0) is 9.53 Å². The number of halogens is 2. The molecule has 1 amide bonds.